The summed E-state index contributed by atoms with van der Waals surface area (Å²) in [5.41, 5.74) is 0.231. The van der Waals surface area contributed by atoms with Crippen molar-refractivity contribution in [1.29, 1.82) is 0 Å². The first-order chi connectivity index (χ1) is 14.7. The van der Waals surface area contributed by atoms with Gasteiger partial charge >= 0.3 is 6.09 Å². The second-order valence-corrected chi connectivity index (χ2v) is 9.57. The van der Waals surface area contributed by atoms with Crippen molar-refractivity contribution in [3.8, 4) is 0 Å². The number of benzene rings is 2. The smallest absolute Gasteiger partial charge is 0.408 e. The molecule has 164 valence electrons. The zero-order valence-electron chi connectivity index (χ0n) is 18.0. The van der Waals surface area contributed by atoms with Gasteiger partial charge in [-0.1, -0.05) is 60.3 Å². The average Bonchev–Trinajstić information content (AvgIpc) is 3.07. The molecule has 1 aliphatic rings. The maximum atomic E-state index is 13.5. The van der Waals surface area contributed by atoms with E-state index in [0.29, 0.717) is 19.4 Å². The second kappa shape index (κ2) is 10.0. The quantitative estimate of drug-likeness (QED) is 0.734. The van der Waals surface area contributed by atoms with Gasteiger partial charge in [0.2, 0.25) is 5.91 Å². The van der Waals surface area contributed by atoms with Crippen molar-refractivity contribution >= 4 is 29.5 Å². The molecule has 1 saturated heterocycles. The highest BCUT2D eigenvalue weighted by molar-refractivity contribution is 8.00. The normalized spacial score (nSPS) is 17.3. The number of rotatable bonds is 6. The van der Waals surface area contributed by atoms with Gasteiger partial charge in [-0.2, -0.15) is 0 Å². The Labute approximate surface area is 187 Å². The van der Waals surface area contributed by atoms with E-state index < -0.39 is 23.1 Å². The Balaban J connectivity index is 1.79. The van der Waals surface area contributed by atoms with E-state index in [1.807, 2.05) is 60.7 Å². The van der Waals surface area contributed by atoms with Crippen LogP contribution in [0.4, 0.5) is 4.79 Å². The lowest BCUT2D eigenvalue weighted by Gasteiger charge is -2.29. The molecule has 0 radical (unpaired) electrons. The molecule has 31 heavy (non-hydrogen) atoms. The van der Waals surface area contributed by atoms with Crippen LogP contribution in [-0.4, -0.2) is 46.2 Å². The molecule has 1 N–H and O–H groups in total. The zero-order valence-corrected chi connectivity index (χ0v) is 18.9. The van der Waals surface area contributed by atoms with Gasteiger partial charge in [-0.05, 0) is 38.5 Å². The molecule has 0 aromatic heterocycles. The molecule has 1 heterocycles. The molecule has 7 heteroatoms. The Morgan fingerprint density at radius 1 is 1.10 bits per heavy atom. The summed E-state index contributed by atoms with van der Waals surface area (Å²) in [5, 5.41) is 2.12. The number of likely N-dealkylation sites (tertiary alicyclic amines) is 1. The first-order valence-electron chi connectivity index (χ1n) is 10.3. The fourth-order valence-corrected chi connectivity index (χ4v) is 4.49. The number of nitrogens with zero attached hydrogens (tertiary/aromatic N) is 1. The lowest BCUT2D eigenvalue weighted by Crippen LogP contribution is -2.52. The molecule has 6 nitrogen and oxygen atoms in total. The Morgan fingerprint density at radius 2 is 1.71 bits per heavy atom. The Kier molecular flexibility index (Phi) is 7.38. The number of hydrogen-bond acceptors (Lipinski definition) is 5. The lowest BCUT2D eigenvalue weighted by atomic mass is 10.0. The Morgan fingerprint density at radius 3 is 2.32 bits per heavy atom. The van der Waals surface area contributed by atoms with Crippen molar-refractivity contribution in [2.24, 2.45) is 0 Å². The third kappa shape index (κ3) is 6.59. The van der Waals surface area contributed by atoms with Crippen molar-refractivity contribution in [3.05, 3.63) is 66.2 Å². The van der Waals surface area contributed by atoms with E-state index in [9.17, 15) is 14.4 Å². The number of carbonyl (C=O) groups is 3. The lowest BCUT2D eigenvalue weighted by molar-refractivity contribution is -0.134. The van der Waals surface area contributed by atoms with E-state index >= 15 is 0 Å². The number of hydrogen-bond donors (Lipinski definition) is 1. The van der Waals surface area contributed by atoms with E-state index in [-0.39, 0.29) is 11.7 Å². The first-order valence-corrected chi connectivity index (χ1v) is 11.2. The third-order valence-electron chi connectivity index (χ3n) is 4.70. The fraction of sp³-hybridized carbons (Fsp3) is 0.375. The van der Waals surface area contributed by atoms with Crippen LogP contribution in [0.5, 0.6) is 0 Å². The molecule has 1 aliphatic heterocycles. The third-order valence-corrected chi connectivity index (χ3v) is 5.99. The monoisotopic (exact) mass is 440 g/mol. The minimum Gasteiger partial charge on any atom is -0.444 e. The number of thioether (sulfide) groups is 1. The molecule has 2 aromatic carbocycles. The van der Waals surface area contributed by atoms with Crippen molar-refractivity contribution in [3.63, 3.8) is 0 Å². The maximum absolute atomic E-state index is 13.5. The number of Topliss-reactive ketones (excluding diaryl/α,β-unsaturated/α-hetero) is 1. The van der Waals surface area contributed by atoms with Gasteiger partial charge in [-0.25, -0.2) is 4.79 Å². The molecule has 2 atom stereocenters. The molecule has 1 fully saturated rings. The van der Waals surface area contributed by atoms with Crippen LogP contribution in [0.3, 0.4) is 0 Å². The number of nitrogens with one attached hydrogen (secondary N) is 1. The van der Waals surface area contributed by atoms with Crippen molar-refractivity contribution in [1.82, 2.24) is 10.2 Å². The van der Waals surface area contributed by atoms with Gasteiger partial charge < -0.3 is 15.0 Å². The molecular weight excluding hydrogens is 412 g/mol. The highest BCUT2D eigenvalue weighted by Gasteiger charge is 2.39. The maximum Gasteiger partial charge on any atom is 0.408 e. The number of ether oxygens (including phenoxy) is 1. The van der Waals surface area contributed by atoms with Gasteiger partial charge in [-0.3, -0.25) is 9.59 Å². The summed E-state index contributed by atoms with van der Waals surface area (Å²) in [6.07, 6.45) is -0.0351. The topological polar surface area (TPSA) is 75.7 Å². The van der Waals surface area contributed by atoms with Crippen LogP contribution in [0.1, 0.15) is 32.8 Å². The summed E-state index contributed by atoms with van der Waals surface area (Å²) in [6.45, 7) is 5.65. The SMILES string of the molecule is CC(C)(C)OC(=O)N[C@@H](Cc1ccccc1)C(=O)N1CCC(=O)C1Sc1ccccc1. The van der Waals surface area contributed by atoms with Gasteiger partial charge in [0.05, 0.1) is 0 Å². The molecular formula is C24H28N2O4S. The van der Waals surface area contributed by atoms with Crippen molar-refractivity contribution in [2.45, 2.75) is 55.5 Å². The largest absolute Gasteiger partial charge is 0.444 e. The summed E-state index contributed by atoms with van der Waals surface area (Å²) < 4.78 is 5.37. The van der Waals surface area contributed by atoms with Crippen molar-refractivity contribution < 1.29 is 19.1 Å². The van der Waals surface area contributed by atoms with Crippen LogP contribution >= 0.6 is 11.8 Å². The van der Waals surface area contributed by atoms with Crippen LogP contribution in [0.15, 0.2) is 65.6 Å². The van der Waals surface area contributed by atoms with E-state index in [1.54, 1.807) is 25.7 Å². The van der Waals surface area contributed by atoms with Crippen LogP contribution in [0.2, 0.25) is 0 Å². The summed E-state index contributed by atoms with van der Waals surface area (Å²) >= 11 is 1.36. The number of alkyl carbamates (subject to hydrolysis) is 1. The molecule has 3 rings (SSSR count). The summed E-state index contributed by atoms with van der Waals surface area (Å²) in [6, 6.07) is 18.2. The first kappa shape index (κ1) is 22.9. The Hall–Kier alpha value is -2.80. The minimum atomic E-state index is -0.831. The molecule has 0 saturated carbocycles. The fourth-order valence-electron chi connectivity index (χ4n) is 3.33. The van der Waals surface area contributed by atoms with Gasteiger partial charge in [-0.15, -0.1) is 0 Å². The Bertz CT molecular complexity index is 912. The molecule has 0 bridgehead atoms. The highest BCUT2D eigenvalue weighted by atomic mass is 32.2. The number of amides is 2. The van der Waals surface area contributed by atoms with Crippen LogP contribution in [0.25, 0.3) is 0 Å². The van der Waals surface area contributed by atoms with Gasteiger partial charge in [0.1, 0.15) is 17.0 Å². The van der Waals surface area contributed by atoms with E-state index in [4.69, 9.17) is 4.74 Å². The van der Waals surface area contributed by atoms with Crippen LogP contribution < -0.4 is 5.32 Å². The van der Waals surface area contributed by atoms with Gasteiger partial charge in [0.25, 0.3) is 0 Å². The van der Waals surface area contributed by atoms with Crippen molar-refractivity contribution in [2.75, 3.05) is 6.54 Å². The molecule has 0 aliphatic carbocycles. The van der Waals surface area contributed by atoms with Crippen LogP contribution in [-0.2, 0) is 20.7 Å². The zero-order chi connectivity index (χ0) is 22.4. The average molecular weight is 441 g/mol. The number of ketones is 1. The van der Waals surface area contributed by atoms with Gasteiger partial charge in [0, 0.05) is 24.3 Å². The predicted molar refractivity (Wildman–Crippen MR) is 121 cm³/mol. The van der Waals surface area contributed by atoms with Gasteiger partial charge in [0.15, 0.2) is 5.78 Å². The molecule has 2 amide bonds. The van der Waals surface area contributed by atoms with E-state index in [2.05, 4.69) is 5.32 Å². The predicted octanol–water partition coefficient (Wildman–Crippen LogP) is 4.04. The highest BCUT2D eigenvalue weighted by Crippen LogP contribution is 2.31. The van der Waals surface area contributed by atoms with E-state index in [1.165, 1.54) is 11.8 Å². The molecule has 0 spiro atoms. The van der Waals surface area contributed by atoms with Crippen LogP contribution in [0, 0.1) is 0 Å². The standard InChI is InChI=1S/C24H28N2O4S/c1-24(2,3)30-23(29)25-19(16-17-10-6-4-7-11-17)21(28)26-15-14-20(27)22(26)31-18-12-8-5-9-13-18/h4-13,19,22H,14-16H2,1-3H3,(H,25,29)/t19-,22?/m0/s1. The molecule has 2 aromatic rings. The summed E-state index contributed by atoms with van der Waals surface area (Å²) in [5.74, 6) is -0.271. The molecule has 1 unspecified atom stereocenters. The number of carbonyl (C=O) groups excluding carboxylic acids is 3. The minimum absolute atomic E-state index is 0.0120. The summed E-state index contributed by atoms with van der Waals surface area (Å²) in [4.78, 5) is 41.0. The second-order valence-electron chi connectivity index (χ2n) is 8.42. The summed E-state index contributed by atoms with van der Waals surface area (Å²) in [7, 11) is 0. The van der Waals surface area contributed by atoms with E-state index in [0.717, 1.165) is 10.5 Å².